The van der Waals surface area contributed by atoms with E-state index in [1.165, 1.54) is 5.56 Å². The quantitative estimate of drug-likeness (QED) is 0.653. The number of piperidine rings is 1. The number of carbonyl (C=O) groups excluding carboxylic acids is 2. The average Bonchev–Trinajstić information content (AvgIpc) is 2.58. The summed E-state index contributed by atoms with van der Waals surface area (Å²) in [5.74, 6) is -0.205. The fraction of sp³-hybridized carbons (Fsp3) is 0.556. The summed E-state index contributed by atoms with van der Waals surface area (Å²) in [6, 6.07) is 8.20. The Bertz CT molecular complexity index is 562. The predicted octanol–water partition coefficient (Wildman–Crippen LogP) is 0.739. The third-order valence-corrected chi connectivity index (χ3v) is 4.40. The molecule has 2 amide bonds. The van der Waals surface area contributed by atoms with E-state index < -0.39 is 0 Å². The van der Waals surface area contributed by atoms with Crippen LogP contribution in [0, 0.1) is 5.92 Å². The number of primary amides is 1. The van der Waals surface area contributed by atoms with Crippen LogP contribution in [-0.2, 0) is 22.7 Å². The van der Waals surface area contributed by atoms with Crippen molar-refractivity contribution in [3.8, 4) is 0 Å². The molecule has 1 aliphatic rings. The van der Waals surface area contributed by atoms with E-state index in [4.69, 9.17) is 11.5 Å². The van der Waals surface area contributed by atoms with Gasteiger partial charge < -0.3 is 16.8 Å². The molecule has 0 radical (unpaired) electrons. The smallest absolute Gasteiger partial charge is 0.221 e. The normalized spacial score (nSPS) is 18.3. The summed E-state index contributed by atoms with van der Waals surface area (Å²) in [6.45, 7) is 3.59. The van der Waals surface area contributed by atoms with Crippen LogP contribution < -0.4 is 16.8 Å². The second-order valence-electron chi connectivity index (χ2n) is 6.47. The Morgan fingerprint density at radius 1 is 1.29 bits per heavy atom. The Morgan fingerprint density at radius 2 is 2.08 bits per heavy atom. The third-order valence-electron chi connectivity index (χ3n) is 4.40. The second kappa shape index (κ2) is 9.39. The van der Waals surface area contributed by atoms with Crippen molar-refractivity contribution >= 4 is 11.8 Å². The monoisotopic (exact) mass is 332 g/mol. The van der Waals surface area contributed by atoms with Crippen molar-refractivity contribution in [2.75, 3.05) is 19.6 Å². The van der Waals surface area contributed by atoms with Gasteiger partial charge in [0.15, 0.2) is 0 Å². The SMILES string of the molecule is NCCCC(=O)NCc1cccc(CN2CCCC(C(N)=O)C2)c1. The van der Waals surface area contributed by atoms with Crippen molar-refractivity contribution < 1.29 is 9.59 Å². The summed E-state index contributed by atoms with van der Waals surface area (Å²) in [4.78, 5) is 25.3. The van der Waals surface area contributed by atoms with Gasteiger partial charge in [-0.1, -0.05) is 24.3 Å². The molecule has 5 N–H and O–H groups in total. The van der Waals surface area contributed by atoms with Gasteiger partial charge in [-0.05, 0) is 43.5 Å². The molecule has 0 bridgehead atoms. The molecule has 1 fully saturated rings. The first kappa shape index (κ1) is 18.4. The first-order valence-corrected chi connectivity index (χ1v) is 8.64. The Morgan fingerprint density at radius 3 is 2.83 bits per heavy atom. The number of benzene rings is 1. The summed E-state index contributed by atoms with van der Waals surface area (Å²) in [5.41, 5.74) is 13.1. The van der Waals surface area contributed by atoms with E-state index >= 15 is 0 Å². The number of nitrogens with zero attached hydrogens (tertiary/aromatic N) is 1. The lowest BCUT2D eigenvalue weighted by atomic mass is 9.97. The zero-order valence-electron chi connectivity index (χ0n) is 14.2. The Labute approximate surface area is 143 Å². The number of likely N-dealkylation sites (tertiary alicyclic amines) is 1. The maximum absolute atomic E-state index is 11.7. The van der Waals surface area contributed by atoms with Gasteiger partial charge in [0.25, 0.3) is 0 Å². The van der Waals surface area contributed by atoms with E-state index in [9.17, 15) is 9.59 Å². The molecular weight excluding hydrogens is 304 g/mol. The van der Waals surface area contributed by atoms with E-state index in [1.54, 1.807) is 0 Å². The minimum absolute atomic E-state index is 0.0335. The number of hydrogen-bond acceptors (Lipinski definition) is 4. The van der Waals surface area contributed by atoms with E-state index in [-0.39, 0.29) is 17.7 Å². The maximum Gasteiger partial charge on any atom is 0.221 e. The molecule has 6 heteroatoms. The van der Waals surface area contributed by atoms with Crippen LogP contribution in [0.2, 0.25) is 0 Å². The number of amides is 2. The topological polar surface area (TPSA) is 101 Å². The summed E-state index contributed by atoms with van der Waals surface area (Å²) in [6.07, 6.45) is 3.07. The summed E-state index contributed by atoms with van der Waals surface area (Å²) >= 11 is 0. The van der Waals surface area contributed by atoms with Crippen LogP contribution in [-0.4, -0.2) is 36.3 Å². The van der Waals surface area contributed by atoms with Gasteiger partial charge in [0.1, 0.15) is 0 Å². The van der Waals surface area contributed by atoms with Crippen molar-refractivity contribution in [1.29, 1.82) is 0 Å². The van der Waals surface area contributed by atoms with Crippen LogP contribution in [0.25, 0.3) is 0 Å². The Hall–Kier alpha value is -1.92. The van der Waals surface area contributed by atoms with Crippen LogP contribution in [0.15, 0.2) is 24.3 Å². The van der Waals surface area contributed by atoms with E-state index in [0.29, 0.717) is 25.9 Å². The highest BCUT2D eigenvalue weighted by Gasteiger charge is 2.23. The molecule has 0 spiro atoms. The van der Waals surface area contributed by atoms with Crippen molar-refractivity contribution in [2.45, 2.75) is 38.8 Å². The van der Waals surface area contributed by atoms with Crippen molar-refractivity contribution in [3.63, 3.8) is 0 Å². The molecule has 1 aromatic rings. The van der Waals surface area contributed by atoms with Gasteiger partial charge in [-0.15, -0.1) is 0 Å². The molecule has 2 rings (SSSR count). The van der Waals surface area contributed by atoms with E-state index in [2.05, 4.69) is 22.3 Å². The van der Waals surface area contributed by atoms with Crippen molar-refractivity contribution in [2.24, 2.45) is 17.4 Å². The molecule has 0 aromatic heterocycles. The van der Waals surface area contributed by atoms with Crippen LogP contribution in [0.3, 0.4) is 0 Å². The molecule has 1 aromatic carbocycles. The van der Waals surface area contributed by atoms with Crippen LogP contribution in [0.5, 0.6) is 0 Å². The molecule has 1 heterocycles. The lowest BCUT2D eigenvalue weighted by Crippen LogP contribution is -2.40. The van der Waals surface area contributed by atoms with Gasteiger partial charge in [-0.3, -0.25) is 14.5 Å². The minimum Gasteiger partial charge on any atom is -0.369 e. The average molecular weight is 332 g/mol. The summed E-state index contributed by atoms with van der Waals surface area (Å²) < 4.78 is 0. The Balaban J connectivity index is 1.86. The molecule has 0 aliphatic carbocycles. The minimum atomic E-state index is -0.200. The first-order chi connectivity index (χ1) is 11.6. The van der Waals surface area contributed by atoms with Gasteiger partial charge in [0.05, 0.1) is 5.92 Å². The van der Waals surface area contributed by atoms with Crippen molar-refractivity contribution in [1.82, 2.24) is 10.2 Å². The highest BCUT2D eigenvalue weighted by atomic mass is 16.2. The largest absolute Gasteiger partial charge is 0.369 e. The van der Waals surface area contributed by atoms with E-state index in [0.717, 1.165) is 38.0 Å². The number of nitrogens with one attached hydrogen (secondary N) is 1. The van der Waals surface area contributed by atoms with Crippen LogP contribution in [0.1, 0.15) is 36.8 Å². The first-order valence-electron chi connectivity index (χ1n) is 8.64. The third kappa shape index (κ3) is 5.94. The summed E-state index contributed by atoms with van der Waals surface area (Å²) in [7, 11) is 0. The van der Waals surface area contributed by atoms with E-state index in [1.807, 2.05) is 12.1 Å². The van der Waals surface area contributed by atoms with Gasteiger partial charge in [0.2, 0.25) is 11.8 Å². The number of carbonyl (C=O) groups is 2. The highest BCUT2D eigenvalue weighted by Crippen LogP contribution is 2.18. The molecular formula is C18H28N4O2. The molecule has 24 heavy (non-hydrogen) atoms. The summed E-state index contributed by atoms with van der Waals surface area (Å²) in [5, 5.41) is 2.92. The van der Waals surface area contributed by atoms with Gasteiger partial charge >= 0.3 is 0 Å². The van der Waals surface area contributed by atoms with Crippen LogP contribution in [0.4, 0.5) is 0 Å². The number of hydrogen-bond donors (Lipinski definition) is 3. The standard InChI is InChI=1S/C18H28N4O2/c19-8-2-7-17(23)21-11-14-4-1-5-15(10-14)12-22-9-3-6-16(13-22)18(20)24/h1,4-5,10,16H,2-3,6-9,11-13,19H2,(H2,20,24)(H,21,23). The van der Waals surface area contributed by atoms with Gasteiger partial charge in [-0.2, -0.15) is 0 Å². The van der Waals surface area contributed by atoms with Gasteiger partial charge in [-0.25, -0.2) is 0 Å². The van der Waals surface area contributed by atoms with Crippen LogP contribution >= 0.6 is 0 Å². The number of nitrogens with two attached hydrogens (primary N) is 2. The second-order valence-corrected chi connectivity index (χ2v) is 6.47. The molecule has 6 nitrogen and oxygen atoms in total. The fourth-order valence-electron chi connectivity index (χ4n) is 3.08. The molecule has 1 atom stereocenters. The highest BCUT2D eigenvalue weighted by molar-refractivity contribution is 5.77. The lowest BCUT2D eigenvalue weighted by molar-refractivity contribution is -0.123. The van der Waals surface area contributed by atoms with Gasteiger partial charge in [0, 0.05) is 26.1 Å². The molecule has 0 saturated carbocycles. The lowest BCUT2D eigenvalue weighted by Gasteiger charge is -2.31. The number of rotatable bonds is 8. The zero-order valence-corrected chi connectivity index (χ0v) is 14.2. The predicted molar refractivity (Wildman–Crippen MR) is 93.8 cm³/mol. The van der Waals surface area contributed by atoms with Crippen molar-refractivity contribution in [3.05, 3.63) is 35.4 Å². The molecule has 1 unspecified atom stereocenters. The molecule has 1 aliphatic heterocycles. The fourth-order valence-corrected chi connectivity index (χ4v) is 3.08. The molecule has 132 valence electrons. The Kier molecular flexibility index (Phi) is 7.21. The molecule has 1 saturated heterocycles. The zero-order chi connectivity index (χ0) is 17.4. The maximum atomic E-state index is 11.7.